The Morgan fingerprint density at radius 2 is 1.43 bits per heavy atom. The summed E-state index contributed by atoms with van der Waals surface area (Å²) in [7, 11) is 4.76. The van der Waals surface area contributed by atoms with Gasteiger partial charge in [0.25, 0.3) is 0 Å². The Hall–Kier alpha value is -0.420. The second-order valence-corrected chi connectivity index (χ2v) is 4.03. The van der Waals surface area contributed by atoms with Crippen LogP contribution in [0.25, 0.3) is 0 Å². The predicted octanol–water partition coefficient (Wildman–Crippen LogP) is 3.24. The average molecular weight is 326 g/mol. The maximum Gasteiger partial charge on any atom is 0.176 e. The van der Waals surface area contributed by atoms with Gasteiger partial charge in [0.15, 0.2) is 11.5 Å². The second kappa shape index (κ2) is 4.89. The summed E-state index contributed by atoms with van der Waals surface area (Å²) in [6, 6.07) is 1.76. The number of halogens is 2. The molecule has 1 aromatic carbocycles. The summed E-state index contributed by atoms with van der Waals surface area (Å²) in [5, 5.41) is 0. The van der Waals surface area contributed by atoms with Crippen LogP contribution in [0, 0.1) is 0 Å². The van der Waals surface area contributed by atoms with Crippen molar-refractivity contribution in [3.05, 3.63) is 15.0 Å². The van der Waals surface area contributed by atoms with Crippen LogP contribution in [-0.2, 0) is 0 Å². The minimum atomic E-state index is 0.624. The Morgan fingerprint density at radius 3 is 1.86 bits per heavy atom. The Kier molecular flexibility index (Phi) is 4.07. The Labute approximate surface area is 99.6 Å². The average Bonchev–Trinajstić information content (AvgIpc) is 2.21. The Balaban J connectivity index is 3.38. The number of benzene rings is 1. The van der Waals surface area contributed by atoms with Gasteiger partial charge in [0, 0.05) is 6.07 Å². The van der Waals surface area contributed by atoms with Crippen molar-refractivity contribution in [2.24, 2.45) is 0 Å². The molecular weight excluding hydrogens is 316 g/mol. The minimum absolute atomic E-state index is 0.624. The summed E-state index contributed by atoms with van der Waals surface area (Å²) < 4.78 is 17.1. The number of methoxy groups -OCH3 is 3. The van der Waals surface area contributed by atoms with Crippen molar-refractivity contribution in [2.45, 2.75) is 0 Å². The molecule has 1 aromatic rings. The number of rotatable bonds is 3. The van der Waals surface area contributed by atoms with Gasteiger partial charge in [0.2, 0.25) is 0 Å². The van der Waals surface area contributed by atoms with Crippen molar-refractivity contribution in [1.29, 1.82) is 0 Å². The number of hydrogen-bond acceptors (Lipinski definition) is 3. The molecule has 0 amide bonds. The molecule has 0 unspecified atom stereocenters. The van der Waals surface area contributed by atoms with Gasteiger partial charge in [-0.15, -0.1) is 0 Å². The van der Waals surface area contributed by atoms with Crippen molar-refractivity contribution in [2.75, 3.05) is 21.3 Å². The van der Waals surface area contributed by atoms with Gasteiger partial charge in [-0.1, -0.05) is 0 Å². The molecule has 1 rings (SSSR count). The van der Waals surface area contributed by atoms with Crippen LogP contribution in [0.1, 0.15) is 0 Å². The highest BCUT2D eigenvalue weighted by Crippen LogP contribution is 2.45. The molecule has 0 bridgehead atoms. The van der Waals surface area contributed by atoms with Gasteiger partial charge in [-0.25, -0.2) is 0 Å². The lowest BCUT2D eigenvalue weighted by Crippen LogP contribution is -1.94. The molecular formula is C9H10Br2O3. The molecule has 0 aromatic heterocycles. The van der Waals surface area contributed by atoms with Gasteiger partial charge in [-0.05, 0) is 31.9 Å². The lowest BCUT2D eigenvalue weighted by Gasteiger charge is -2.13. The molecule has 3 nitrogen and oxygen atoms in total. The first-order valence-electron chi connectivity index (χ1n) is 3.79. The van der Waals surface area contributed by atoms with E-state index in [1.54, 1.807) is 27.4 Å². The SMILES string of the molecule is COc1cc(OC)c(OC)c(Br)c1Br. The Bertz CT molecular complexity index is 339. The van der Waals surface area contributed by atoms with Gasteiger partial charge in [-0.2, -0.15) is 0 Å². The van der Waals surface area contributed by atoms with Crippen LogP contribution in [0.2, 0.25) is 0 Å². The highest BCUT2D eigenvalue weighted by molar-refractivity contribution is 9.13. The zero-order valence-electron chi connectivity index (χ0n) is 8.06. The topological polar surface area (TPSA) is 27.7 Å². The lowest BCUT2D eigenvalue weighted by atomic mass is 10.3. The summed E-state index contributed by atoms with van der Waals surface area (Å²) in [6.45, 7) is 0. The smallest absolute Gasteiger partial charge is 0.176 e. The molecule has 0 saturated heterocycles. The van der Waals surface area contributed by atoms with Crippen LogP contribution < -0.4 is 14.2 Å². The van der Waals surface area contributed by atoms with E-state index in [1.807, 2.05) is 0 Å². The molecule has 0 radical (unpaired) electrons. The lowest BCUT2D eigenvalue weighted by molar-refractivity contribution is 0.346. The van der Waals surface area contributed by atoms with Crippen molar-refractivity contribution < 1.29 is 14.2 Å². The van der Waals surface area contributed by atoms with Crippen molar-refractivity contribution in [1.82, 2.24) is 0 Å². The summed E-state index contributed by atoms with van der Waals surface area (Å²) in [4.78, 5) is 0. The largest absolute Gasteiger partial charge is 0.495 e. The quantitative estimate of drug-likeness (QED) is 0.854. The highest BCUT2D eigenvalue weighted by Gasteiger charge is 2.16. The molecule has 0 saturated carbocycles. The van der Waals surface area contributed by atoms with E-state index in [-0.39, 0.29) is 0 Å². The number of ether oxygens (including phenoxy) is 3. The standard InChI is InChI=1S/C9H10Br2O3/c1-12-5-4-6(13-2)9(14-3)8(11)7(5)10/h4H,1-3H3. The third-order valence-corrected chi connectivity index (χ3v) is 3.81. The van der Waals surface area contributed by atoms with E-state index in [0.29, 0.717) is 17.2 Å². The molecule has 78 valence electrons. The molecule has 0 aliphatic heterocycles. The van der Waals surface area contributed by atoms with Gasteiger partial charge in [0.1, 0.15) is 5.75 Å². The van der Waals surface area contributed by atoms with E-state index in [1.165, 1.54) is 0 Å². The third-order valence-electron chi connectivity index (χ3n) is 1.74. The molecule has 5 heteroatoms. The molecule has 0 aliphatic carbocycles. The van der Waals surface area contributed by atoms with Gasteiger partial charge >= 0.3 is 0 Å². The first-order valence-corrected chi connectivity index (χ1v) is 5.38. The van der Waals surface area contributed by atoms with Crippen LogP contribution in [0.5, 0.6) is 17.2 Å². The predicted molar refractivity (Wildman–Crippen MR) is 61.5 cm³/mol. The summed E-state index contributed by atoms with van der Waals surface area (Å²) in [5.41, 5.74) is 0. The molecule has 14 heavy (non-hydrogen) atoms. The van der Waals surface area contributed by atoms with Crippen LogP contribution in [0.4, 0.5) is 0 Å². The van der Waals surface area contributed by atoms with Gasteiger partial charge in [-0.3, -0.25) is 0 Å². The monoisotopic (exact) mass is 324 g/mol. The maximum absolute atomic E-state index is 5.19. The summed E-state index contributed by atoms with van der Waals surface area (Å²) in [6.07, 6.45) is 0. The van der Waals surface area contributed by atoms with Gasteiger partial charge < -0.3 is 14.2 Å². The normalized spacial score (nSPS) is 9.79. The summed E-state index contributed by atoms with van der Waals surface area (Å²) in [5.74, 6) is 1.95. The molecule has 0 atom stereocenters. The van der Waals surface area contributed by atoms with Crippen LogP contribution in [0.15, 0.2) is 15.0 Å². The molecule has 0 aliphatic rings. The summed E-state index contributed by atoms with van der Waals surface area (Å²) >= 11 is 6.78. The maximum atomic E-state index is 5.19. The third kappa shape index (κ3) is 1.98. The van der Waals surface area contributed by atoms with Crippen molar-refractivity contribution in [3.63, 3.8) is 0 Å². The van der Waals surface area contributed by atoms with E-state index in [2.05, 4.69) is 31.9 Å². The molecule has 0 heterocycles. The molecule has 0 spiro atoms. The zero-order chi connectivity index (χ0) is 10.7. The Morgan fingerprint density at radius 1 is 0.857 bits per heavy atom. The molecule has 0 fully saturated rings. The van der Waals surface area contributed by atoms with E-state index in [4.69, 9.17) is 14.2 Å². The second-order valence-electron chi connectivity index (χ2n) is 2.44. The minimum Gasteiger partial charge on any atom is -0.495 e. The van der Waals surface area contributed by atoms with E-state index in [0.717, 1.165) is 8.95 Å². The van der Waals surface area contributed by atoms with E-state index >= 15 is 0 Å². The fourth-order valence-electron chi connectivity index (χ4n) is 1.05. The zero-order valence-corrected chi connectivity index (χ0v) is 11.2. The van der Waals surface area contributed by atoms with Crippen LogP contribution in [0.3, 0.4) is 0 Å². The van der Waals surface area contributed by atoms with Crippen molar-refractivity contribution >= 4 is 31.9 Å². The van der Waals surface area contributed by atoms with Crippen LogP contribution >= 0.6 is 31.9 Å². The first-order chi connectivity index (χ1) is 6.65. The molecule has 0 N–H and O–H groups in total. The van der Waals surface area contributed by atoms with Gasteiger partial charge in [0.05, 0.1) is 30.3 Å². The highest BCUT2D eigenvalue weighted by atomic mass is 79.9. The fourth-order valence-corrected chi connectivity index (χ4v) is 2.06. The first kappa shape index (κ1) is 11.7. The van der Waals surface area contributed by atoms with Crippen molar-refractivity contribution in [3.8, 4) is 17.2 Å². The van der Waals surface area contributed by atoms with E-state index < -0.39 is 0 Å². The van der Waals surface area contributed by atoms with E-state index in [9.17, 15) is 0 Å². The number of hydrogen-bond donors (Lipinski definition) is 0. The van der Waals surface area contributed by atoms with Crippen LogP contribution in [-0.4, -0.2) is 21.3 Å². The fraction of sp³-hybridized carbons (Fsp3) is 0.333.